The number of nitrogens with one attached hydrogen (secondary N) is 1. The van der Waals surface area contributed by atoms with Crippen LogP contribution in [0.3, 0.4) is 0 Å². The number of alkyl carbamates (subject to hydrolysis) is 1. The van der Waals surface area contributed by atoms with Crippen LogP contribution in [0, 0.1) is 0 Å². The molecule has 0 aliphatic carbocycles. The highest BCUT2D eigenvalue weighted by atomic mass is 35.5. The van der Waals surface area contributed by atoms with Crippen molar-refractivity contribution >= 4 is 40.1 Å². The third-order valence-corrected chi connectivity index (χ3v) is 4.61. The molecule has 0 saturated carbocycles. The molecule has 1 amide bonds. The van der Waals surface area contributed by atoms with Crippen molar-refractivity contribution in [2.24, 2.45) is 0 Å². The molecule has 0 spiro atoms. The summed E-state index contributed by atoms with van der Waals surface area (Å²) >= 11 is 12.4. The summed E-state index contributed by atoms with van der Waals surface area (Å²) in [4.78, 5) is 12.1. The van der Waals surface area contributed by atoms with E-state index < -0.39 is 12.1 Å². The highest BCUT2D eigenvalue weighted by Gasteiger charge is 2.25. The minimum Gasteiger partial charge on any atom is -0.508 e. The van der Waals surface area contributed by atoms with Gasteiger partial charge in [-0.05, 0) is 41.5 Å². The van der Waals surface area contributed by atoms with E-state index in [1.54, 1.807) is 31.2 Å². The predicted octanol–water partition coefficient (Wildman–Crippen LogP) is 5.69. The zero-order chi connectivity index (χ0) is 18.7. The molecule has 3 aromatic carbocycles. The summed E-state index contributed by atoms with van der Waals surface area (Å²) in [6.45, 7) is 1.95. The van der Waals surface area contributed by atoms with Gasteiger partial charge in [0.15, 0.2) is 0 Å². The quantitative estimate of drug-likeness (QED) is 0.602. The molecule has 0 bridgehead atoms. The number of ether oxygens (including phenoxy) is 1. The number of rotatable bonds is 4. The highest BCUT2D eigenvalue weighted by molar-refractivity contribution is 6.35. The molecule has 0 saturated heterocycles. The number of carbonyl (C=O) groups is 1. The van der Waals surface area contributed by atoms with Gasteiger partial charge in [-0.25, -0.2) is 4.79 Å². The van der Waals surface area contributed by atoms with Crippen molar-refractivity contribution in [3.8, 4) is 5.75 Å². The molecule has 1 unspecified atom stereocenters. The van der Waals surface area contributed by atoms with Gasteiger partial charge in [0.05, 0.1) is 12.6 Å². The fourth-order valence-corrected chi connectivity index (χ4v) is 3.44. The Morgan fingerprint density at radius 1 is 1.15 bits per heavy atom. The van der Waals surface area contributed by atoms with Gasteiger partial charge in [-0.3, -0.25) is 0 Å². The van der Waals surface area contributed by atoms with Crippen LogP contribution in [0.15, 0.2) is 54.6 Å². The Bertz CT molecular complexity index is 959. The first-order valence-corrected chi connectivity index (χ1v) is 8.85. The summed E-state index contributed by atoms with van der Waals surface area (Å²) < 4.78 is 5.03. The lowest BCUT2D eigenvalue weighted by molar-refractivity contribution is 0.149. The Morgan fingerprint density at radius 2 is 1.92 bits per heavy atom. The number of hydrogen-bond donors (Lipinski definition) is 2. The fraction of sp³-hybridized carbons (Fsp3) is 0.150. The second-order valence-corrected chi connectivity index (χ2v) is 6.53. The number of phenols is 1. The van der Waals surface area contributed by atoms with Gasteiger partial charge in [0, 0.05) is 15.6 Å². The van der Waals surface area contributed by atoms with Gasteiger partial charge in [0.25, 0.3) is 0 Å². The van der Waals surface area contributed by atoms with E-state index >= 15 is 0 Å². The van der Waals surface area contributed by atoms with Crippen molar-refractivity contribution in [2.75, 3.05) is 6.61 Å². The van der Waals surface area contributed by atoms with Crippen molar-refractivity contribution in [3.63, 3.8) is 0 Å². The van der Waals surface area contributed by atoms with Gasteiger partial charge in [-0.1, -0.05) is 59.6 Å². The van der Waals surface area contributed by atoms with Crippen LogP contribution >= 0.6 is 23.2 Å². The standard InChI is InChI=1S/C20H17Cl2NO3/c1-2-26-20(25)23-19(15-9-8-13(21)11-16(15)22)18-14-6-4-3-5-12(14)7-10-17(18)24/h3-11,19,24H,2H2,1H3,(H,23,25). The summed E-state index contributed by atoms with van der Waals surface area (Å²) in [7, 11) is 0. The molecule has 2 N–H and O–H groups in total. The van der Waals surface area contributed by atoms with Crippen molar-refractivity contribution < 1.29 is 14.6 Å². The van der Waals surface area contributed by atoms with Crippen LogP contribution in [0.4, 0.5) is 4.79 Å². The topological polar surface area (TPSA) is 58.6 Å². The second-order valence-electron chi connectivity index (χ2n) is 5.68. The van der Waals surface area contributed by atoms with Crippen LogP contribution in [0.5, 0.6) is 5.75 Å². The number of phenolic OH excluding ortho intramolecular Hbond substituents is 1. The Hall–Kier alpha value is -2.43. The first-order valence-electron chi connectivity index (χ1n) is 8.10. The number of hydrogen-bond acceptors (Lipinski definition) is 3. The van der Waals surface area contributed by atoms with Crippen LogP contribution in [-0.2, 0) is 4.74 Å². The molecular formula is C20H17Cl2NO3. The van der Waals surface area contributed by atoms with Crippen LogP contribution in [0.25, 0.3) is 10.8 Å². The fourth-order valence-electron chi connectivity index (χ4n) is 2.92. The number of halogens is 2. The molecule has 3 aromatic rings. The van der Waals surface area contributed by atoms with Crippen LogP contribution in [-0.4, -0.2) is 17.8 Å². The first kappa shape index (κ1) is 18.4. The minimum absolute atomic E-state index is 0.0523. The monoisotopic (exact) mass is 389 g/mol. The van der Waals surface area contributed by atoms with E-state index in [0.29, 0.717) is 21.2 Å². The molecule has 0 radical (unpaired) electrons. The van der Waals surface area contributed by atoms with Gasteiger partial charge in [0.2, 0.25) is 0 Å². The maximum absolute atomic E-state index is 12.1. The molecule has 6 heteroatoms. The Balaban J connectivity index is 2.21. The van der Waals surface area contributed by atoms with Crippen LogP contribution in [0.2, 0.25) is 10.0 Å². The minimum atomic E-state index is -0.704. The summed E-state index contributed by atoms with van der Waals surface area (Å²) in [5.74, 6) is 0.0523. The zero-order valence-electron chi connectivity index (χ0n) is 14.0. The van der Waals surface area contributed by atoms with Crippen molar-refractivity contribution in [2.45, 2.75) is 13.0 Å². The average Bonchev–Trinajstić information content (AvgIpc) is 2.61. The second kappa shape index (κ2) is 7.85. The van der Waals surface area contributed by atoms with Crippen molar-refractivity contribution in [3.05, 3.63) is 75.8 Å². The van der Waals surface area contributed by atoms with E-state index in [-0.39, 0.29) is 12.4 Å². The van der Waals surface area contributed by atoms with Gasteiger partial charge in [-0.2, -0.15) is 0 Å². The molecule has 4 nitrogen and oxygen atoms in total. The molecule has 0 aliphatic heterocycles. The Labute approximate surface area is 161 Å². The van der Waals surface area contributed by atoms with Gasteiger partial charge in [-0.15, -0.1) is 0 Å². The number of fused-ring (bicyclic) bond motifs is 1. The molecular weight excluding hydrogens is 373 g/mol. The van der Waals surface area contributed by atoms with Crippen LogP contribution < -0.4 is 5.32 Å². The lowest BCUT2D eigenvalue weighted by Gasteiger charge is -2.23. The maximum Gasteiger partial charge on any atom is 0.407 e. The summed E-state index contributed by atoms with van der Waals surface area (Å²) in [5, 5.41) is 16.0. The lowest BCUT2D eigenvalue weighted by Crippen LogP contribution is -2.30. The van der Waals surface area contributed by atoms with E-state index in [2.05, 4.69) is 5.32 Å². The molecule has 0 fully saturated rings. The third-order valence-electron chi connectivity index (χ3n) is 4.05. The van der Waals surface area contributed by atoms with E-state index in [1.807, 2.05) is 30.3 Å². The summed E-state index contributed by atoms with van der Waals surface area (Å²) in [6, 6.07) is 15.3. The summed E-state index contributed by atoms with van der Waals surface area (Å²) in [6.07, 6.45) is -0.601. The number of carbonyl (C=O) groups excluding carboxylic acids is 1. The molecule has 134 valence electrons. The molecule has 0 aromatic heterocycles. The number of aromatic hydroxyl groups is 1. The maximum atomic E-state index is 12.1. The number of benzene rings is 3. The van der Waals surface area contributed by atoms with E-state index in [4.69, 9.17) is 27.9 Å². The van der Waals surface area contributed by atoms with E-state index in [9.17, 15) is 9.90 Å². The molecule has 0 heterocycles. The first-order chi connectivity index (χ1) is 12.5. The third kappa shape index (κ3) is 3.71. The van der Waals surface area contributed by atoms with Gasteiger partial charge >= 0.3 is 6.09 Å². The molecule has 0 aliphatic rings. The molecule has 26 heavy (non-hydrogen) atoms. The Morgan fingerprint density at radius 3 is 2.65 bits per heavy atom. The molecule has 3 rings (SSSR count). The van der Waals surface area contributed by atoms with Crippen molar-refractivity contribution in [1.29, 1.82) is 0 Å². The molecule has 1 atom stereocenters. The predicted molar refractivity (Wildman–Crippen MR) is 104 cm³/mol. The highest BCUT2D eigenvalue weighted by Crippen LogP contribution is 2.38. The lowest BCUT2D eigenvalue weighted by atomic mass is 9.92. The SMILES string of the molecule is CCOC(=O)NC(c1ccc(Cl)cc1Cl)c1c(O)ccc2ccccc12. The van der Waals surface area contributed by atoms with E-state index in [1.165, 1.54) is 0 Å². The van der Waals surface area contributed by atoms with Gasteiger partial charge in [0.1, 0.15) is 5.75 Å². The zero-order valence-corrected chi connectivity index (χ0v) is 15.5. The van der Waals surface area contributed by atoms with Crippen LogP contribution in [0.1, 0.15) is 24.1 Å². The number of amides is 1. The van der Waals surface area contributed by atoms with Gasteiger partial charge < -0.3 is 15.2 Å². The average molecular weight is 390 g/mol. The largest absolute Gasteiger partial charge is 0.508 e. The van der Waals surface area contributed by atoms with E-state index in [0.717, 1.165) is 10.8 Å². The van der Waals surface area contributed by atoms with Crippen molar-refractivity contribution in [1.82, 2.24) is 5.32 Å². The smallest absolute Gasteiger partial charge is 0.407 e. The normalized spacial score (nSPS) is 12.0. The summed E-state index contributed by atoms with van der Waals surface area (Å²) in [5.41, 5.74) is 1.15. The Kier molecular flexibility index (Phi) is 5.55.